The topological polar surface area (TPSA) is 0 Å². The molecule has 0 aromatic carbocycles. The maximum atomic E-state index is 3.38. The first-order chi connectivity index (χ1) is 4.13. The lowest BCUT2D eigenvalue weighted by Crippen LogP contribution is -1.92. The van der Waals surface area contributed by atoms with Gasteiger partial charge in [0.2, 0.25) is 0 Å². The Bertz CT molecular complexity index is 45.1. The molecule has 0 N–H and O–H groups in total. The summed E-state index contributed by atoms with van der Waals surface area (Å²) < 4.78 is 0. The van der Waals surface area contributed by atoms with Crippen molar-refractivity contribution in [2.45, 2.75) is 40.5 Å². The third-order valence-electron chi connectivity index (χ3n) is 1.27. The van der Waals surface area contributed by atoms with Gasteiger partial charge in [0.05, 0.1) is 0 Å². The van der Waals surface area contributed by atoms with Crippen molar-refractivity contribution in [3.8, 4) is 0 Å². The highest BCUT2D eigenvalue weighted by molar-refractivity contribution is 4.68. The Kier molecular flexibility index (Phi) is 4.84. The quantitative estimate of drug-likeness (QED) is 0.542. The standard InChI is InChI=1S/C9H18/c1-8(2)6-5-7-9(3)4/h8-9H,5-6H2,1-4H3. The summed E-state index contributed by atoms with van der Waals surface area (Å²) in [6.45, 7) is 8.87. The molecule has 0 unspecified atom stereocenters. The molecule has 0 aliphatic rings. The molecular formula is C9H18. The van der Waals surface area contributed by atoms with Gasteiger partial charge in [-0.05, 0) is 24.7 Å². The highest BCUT2D eigenvalue weighted by Crippen LogP contribution is 2.09. The minimum Gasteiger partial charge on any atom is -0.0628 e. The zero-order valence-electron chi connectivity index (χ0n) is 7.07. The molecule has 0 aliphatic heterocycles. The second-order valence-corrected chi connectivity index (χ2v) is 3.29. The Labute approximate surface area is 59.7 Å². The lowest BCUT2D eigenvalue weighted by atomic mass is 10.0. The van der Waals surface area contributed by atoms with Crippen molar-refractivity contribution in [3.05, 3.63) is 6.42 Å². The number of rotatable bonds is 4. The maximum absolute atomic E-state index is 3.38. The van der Waals surface area contributed by atoms with E-state index in [4.69, 9.17) is 0 Å². The molecule has 0 bridgehead atoms. The molecule has 0 atom stereocenters. The smallest absolute Gasteiger partial charge is 0.0145 e. The van der Waals surface area contributed by atoms with Crippen molar-refractivity contribution in [3.63, 3.8) is 0 Å². The van der Waals surface area contributed by atoms with Crippen LogP contribution in [0, 0.1) is 18.3 Å². The molecule has 54 valence electrons. The molecule has 0 saturated carbocycles. The van der Waals surface area contributed by atoms with E-state index in [0.717, 1.165) is 12.3 Å². The van der Waals surface area contributed by atoms with Crippen LogP contribution in [0.4, 0.5) is 0 Å². The third kappa shape index (κ3) is 8.00. The first-order valence-electron chi connectivity index (χ1n) is 3.86. The molecule has 0 fully saturated rings. The lowest BCUT2D eigenvalue weighted by molar-refractivity contribution is 0.555. The molecule has 2 radical (unpaired) electrons. The molecule has 9 heavy (non-hydrogen) atoms. The Balaban J connectivity index is 2.91. The fourth-order valence-electron chi connectivity index (χ4n) is 0.661. The Morgan fingerprint density at radius 3 is 2.00 bits per heavy atom. The van der Waals surface area contributed by atoms with Crippen LogP contribution < -0.4 is 0 Å². The fraction of sp³-hybridized carbons (Fsp3) is 0.889. The molecular weight excluding hydrogens is 108 g/mol. The van der Waals surface area contributed by atoms with Gasteiger partial charge in [0, 0.05) is 0 Å². The Hall–Kier alpha value is 0. The van der Waals surface area contributed by atoms with E-state index in [-0.39, 0.29) is 0 Å². The number of hydrogen-bond donors (Lipinski definition) is 0. The molecule has 0 saturated heterocycles. The molecule has 0 aliphatic carbocycles. The molecule has 0 rings (SSSR count). The van der Waals surface area contributed by atoms with E-state index in [1.165, 1.54) is 6.42 Å². The van der Waals surface area contributed by atoms with Crippen LogP contribution in [-0.4, -0.2) is 0 Å². The first-order valence-corrected chi connectivity index (χ1v) is 3.86. The van der Waals surface area contributed by atoms with E-state index in [0.29, 0.717) is 5.92 Å². The first kappa shape index (κ1) is 9.00. The van der Waals surface area contributed by atoms with Gasteiger partial charge in [0.25, 0.3) is 0 Å². The van der Waals surface area contributed by atoms with Crippen molar-refractivity contribution in [1.82, 2.24) is 0 Å². The monoisotopic (exact) mass is 126 g/mol. The van der Waals surface area contributed by atoms with E-state index < -0.39 is 0 Å². The minimum absolute atomic E-state index is 0.642. The van der Waals surface area contributed by atoms with Crippen LogP contribution in [0.2, 0.25) is 0 Å². The summed E-state index contributed by atoms with van der Waals surface area (Å²) in [6.07, 6.45) is 5.83. The van der Waals surface area contributed by atoms with Gasteiger partial charge in [0.15, 0.2) is 0 Å². The second kappa shape index (κ2) is 4.84. The molecule has 0 aromatic rings. The van der Waals surface area contributed by atoms with Gasteiger partial charge in [-0.1, -0.05) is 34.1 Å². The van der Waals surface area contributed by atoms with Crippen LogP contribution in [0.25, 0.3) is 0 Å². The van der Waals surface area contributed by atoms with Crippen LogP contribution in [0.1, 0.15) is 40.5 Å². The average molecular weight is 126 g/mol. The van der Waals surface area contributed by atoms with E-state index in [2.05, 4.69) is 34.1 Å². The highest BCUT2D eigenvalue weighted by Gasteiger charge is 1.96. The summed E-state index contributed by atoms with van der Waals surface area (Å²) in [5.41, 5.74) is 0. The molecule has 0 amide bonds. The summed E-state index contributed by atoms with van der Waals surface area (Å²) in [5, 5.41) is 0. The fourth-order valence-corrected chi connectivity index (χ4v) is 0.661. The van der Waals surface area contributed by atoms with Crippen molar-refractivity contribution in [1.29, 1.82) is 0 Å². The highest BCUT2D eigenvalue weighted by atomic mass is 14.0. The molecule has 0 nitrogen and oxygen atoms in total. The van der Waals surface area contributed by atoms with Crippen molar-refractivity contribution in [2.24, 2.45) is 11.8 Å². The van der Waals surface area contributed by atoms with Gasteiger partial charge in [-0.25, -0.2) is 0 Å². The van der Waals surface area contributed by atoms with Crippen LogP contribution in [-0.2, 0) is 0 Å². The van der Waals surface area contributed by atoms with E-state index in [1.807, 2.05) is 0 Å². The van der Waals surface area contributed by atoms with E-state index in [1.54, 1.807) is 0 Å². The van der Waals surface area contributed by atoms with Crippen molar-refractivity contribution in [2.75, 3.05) is 0 Å². The third-order valence-corrected chi connectivity index (χ3v) is 1.27. The lowest BCUT2D eigenvalue weighted by Gasteiger charge is -2.04. The van der Waals surface area contributed by atoms with Crippen molar-refractivity contribution < 1.29 is 0 Å². The van der Waals surface area contributed by atoms with Gasteiger partial charge in [-0.3, -0.25) is 0 Å². The second-order valence-electron chi connectivity index (χ2n) is 3.29. The van der Waals surface area contributed by atoms with E-state index in [9.17, 15) is 0 Å². The summed E-state index contributed by atoms with van der Waals surface area (Å²) in [4.78, 5) is 0. The Morgan fingerprint density at radius 2 is 1.67 bits per heavy atom. The van der Waals surface area contributed by atoms with Gasteiger partial charge in [-0.2, -0.15) is 0 Å². The molecule has 0 heteroatoms. The predicted molar refractivity (Wildman–Crippen MR) is 42.2 cm³/mol. The van der Waals surface area contributed by atoms with Gasteiger partial charge in [0.1, 0.15) is 0 Å². The zero-order valence-corrected chi connectivity index (χ0v) is 7.07. The Morgan fingerprint density at radius 1 is 1.11 bits per heavy atom. The van der Waals surface area contributed by atoms with Crippen molar-refractivity contribution >= 4 is 0 Å². The summed E-state index contributed by atoms with van der Waals surface area (Å²) in [7, 11) is 0. The summed E-state index contributed by atoms with van der Waals surface area (Å²) >= 11 is 0. The largest absolute Gasteiger partial charge is 0.0628 e. The SMILES string of the molecule is CC(C)[C]CCC(C)C. The normalized spacial score (nSPS) is 11.3. The maximum Gasteiger partial charge on any atom is -0.0145 e. The van der Waals surface area contributed by atoms with Crippen LogP contribution in [0.15, 0.2) is 0 Å². The summed E-state index contributed by atoms with van der Waals surface area (Å²) in [5.74, 6) is 1.47. The molecule has 0 aromatic heterocycles. The van der Waals surface area contributed by atoms with E-state index >= 15 is 0 Å². The van der Waals surface area contributed by atoms with Crippen LogP contribution in [0.3, 0.4) is 0 Å². The van der Waals surface area contributed by atoms with Gasteiger partial charge < -0.3 is 0 Å². The molecule has 0 spiro atoms. The minimum atomic E-state index is 0.642. The predicted octanol–water partition coefficient (Wildman–Crippen LogP) is 3.16. The van der Waals surface area contributed by atoms with Crippen LogP contribution in [0.5, 0.6) is 0 Å². The average Bonchev–Trinajstić information content (AvgIpc) is 1.63. The van der Waals surface area contributed by atoms with Crippen LogP contribution >= 0.6 is 0 Å². The van der Waals surface area contributed by atoms with Gasteiger partial charge in [-0.15, -0.1) is 0 Å². The molecule has 0 heterocycles. The number of hydrogen-bond acceptors (Lipinski definition) is 0. The summed E-state index contributed by atoms with van der Waals surface area (Å²) in [6, 6.07) is 0. The zero-order chi connectivity index (χ0) is 7.28. The van der Waals surface area contributed by atoms with Gasteiger partial charge >= 0.3 is 0 Å².